The number of H-pyrrole nitrogens is 1. The fraction of sp³-hybridized carbons (Fsp3) is 0.556. The van der Waals surface area contributed by atoms with Gasteiger partial charge in [0.15, 0.2) is 5.82 Å². The van der Waals surface area contributed by atoms with Gasteiger partial charge in [-0.1, -0.05) is 30.8 Å². The SMILES string of the molecule is CC(C)Cc1noc(CSc2n[nH]c(N)n2)n1. The lowest BCUT2D eigenvalue weighted by molar-refractivity contribution is 0.382. The van der Waals surface area contributed by atoms with Gasteiger partial charge in [0.05, 0.1) is 5.75 Å². The van der Waals surface area contributed by atoms with Gasteiger partial charge in [-0.05, 0) is 5.92 Å². The van der Waals surface area contributed by atoms with E-state index in [1.54, 1.807) is 0 Å². The van der Waals surface area contributed by atoms with Crippen LogP contribution in [0.1, 0.15) is 25.6 Å². The number of nitrogen functional groups attached to an aromatic ring is 1. The molecule has 7 nitrogen and oxygen atoms in total. The minimum atomic E-state index is 0.304. The number of anilines is 1. The van der Waals surface area contributed by atoms with Gasteiger partial charge >= 0.3 is 0 Å². The Morgan fingerprint density at radius 1 is 1.41 bits per heavy atom. The monoisotopic (exact) mass is 254 g/mol. The highest BCUT2D eigenvalue weighted by atomic mass is 32.2. The Morgan fingerprint density at radius 2 is 2.24 bits per heavy atom. The molecule has 17 heavy (non-hydrogen) atoms. The van der Waals surface area contributed by atoms with Crippen LogP contribution in [-0.4, -0.2) is 25.3 Å². The molecule has 8 heteroatoms. The Kier molecular flexibility index (Phi) is 3.62. The maximum Gasteiger partial charge on any atom is 0.237 e. The third-order valence-corrected chi connectivity index (χ3v) is 2.74. The van der Waals surface area contributed by atoms with Gasteiger partial charge in [0.1, 0.15) is 0 Å². The molecule has 2 aromatic heterocycles. The summed E-state index contributed by atoms with van der Waals surface area (Å²) in [4.78, 5) is 8.24. The van der Waals surface area contributed by atoms with E-state index in [0.717, 1.165) is 12.2 Å². The average molecular weight is 254 g/mol. The summed E-state index contributed by atoms with van der Waals surface area (Å²) in [6, 6.07) is 0. The van der Waals surface area contributed by atoms with Gasteiger partial charge in [-0.15, -0.1) is 5.10 Å². The fourth-order valence-electron chi connectivity index (χ4n) is 1.25. The predicted octanol–water partition coefficient (Wildman–Crippen LogP) is 1.26. The first-order valence-electron chi connectivity index (χ1n) is 5.25. The molecular weight excluding hydrogens is 240 g/mol. The molecule has 2 aromatic rings. The molecule has 0 atom stereocenters. The van der Waals surface area contributed by atoms with Gasteiger partial charge in [0.2, 0.25) is 17.0 Å². The molecule has 2 heterocycles. The van der Waals surface area contributed by atoms with E-state index < -0.39 is 0 Å². The zero-order valence-electron chi connectivity index (χ0n) is 9.67. The zero-order valence-corrected chi connectivity index (χ0v) is 10.5. The highest BCUT2D eigenvalue weighted by Gasteiger charge is 2.09. The molecule has 0 saturated carbocycles. The first kappa shape index (κ1) is 11.9. The molecule has 0 aliphatic carbocycles. The lowest BCUT2D eigenvalue weighted by Gasteiger charge is -1.95. The molecule has 0 bridgehead atoms. The number of aromatic nitrogens is 5. The van der Waals surface area contributed by atoms with Gasteiger partial charge < -0.3 is 10.3 Å². The van der Waals surface area contributed by atoms with Crippen LogP contribution < -0.4 is 5.73 Å². The van der Waals surface area contributed by atoms with E-state index in [1.165, 1.54) is 11.8 Å². The summed E-state index contributed by atoms with van der Waals surface area (Å²) in [7, 11) is 0. The Hall–Kier alpha value is -1.57. The molecule has 0 amide bonds. The smallest absolute Gasteiger partial charge is 0.237 e. The maximum absolute atomic E-state index is 5.41. The molecule has 0 radical (unpaired) electrons. The number of nitrogens with zero attached hydrogens (tertiary/aromatic N) is 4. The summed E-state index contributed by atoms with van der Waals surface area (Å²) < 4.78 is 5.12. The average Bonchev–Trinajstić information content (AvgIpc) is 2.84. The Balaban J connectivity index is 1.89. The minimum Gasteiger partial charge on any atom is -0.368 e. The lowest BCUT2D eigenvalue weighted by atomic mass is 10.1. The summed E-state index contributed by atoms with van der Waals surface area (Å²) in [5.41, 5.74) is 5.41. The Bertz CT molecular complexity index is 479. The van der Waals surface area contributed by atoms with Crippen molar-refractivity contribution in [2.45, 2.75) is 31.2 Å². The van der Waals surface area contributed by atoms with E-state index >= 15 is 0 Å². The van der Waals surface area contributed by atoms with Crippen molar-refractivity contribution in [3.05, 3.63) is 11.7 Å². The molecule has 92 valence electrons. The van der Waals surface area contributed by atoms with Crippen LogP contribution in [0.4, 0.5) is 5.95 Å². The maximum atomic E-state index is 5.41. The number of hydrogen-bond donors (Lipinski definition) is 2. The van der Waals surface area contributed by atoms with Crippen molar-refractivity contribution in [2.75, 3.05) is 5.73 Å². The molecule has 0 aromatic carbocycles. The van der Waals surface area contributed by atoms with Gasteiger partial charge in [-0.2, -0.15) is 9.97 Å². The highest BCUT2D eigenvalue weighted by Crippen LogP contribution is 2.18. The van der Waals surface area contributed by atoms with Crippen molar-refractivity contribution in [1.82, 2.24) is 25.3 Å². The summed E-state index contributed by atoms with van der Waals surface area (Å²) in [6.45, 7) is 4.22. The summed E-state index contributed by atoms with van der Waals surface area (Å²) >= 11 is 1.40. The van der Waals surface area contributed by atoms with Gasteiger partial charge in [0, 0.05) is 6.42 Å². The highest BCUT2D eigenvalue weighted by molar-refractivity contribution is 7.98. The van der Waals surface area contributed by atoms with Crippen molar-refractivity contribution >= 4 is 17.7 Å². The van der Waals surface area contributed by atoms with Crippen LogP contribution in [0.3, 0.4) is 0 Å². The van der Waals surface area contributed by atoms with Crippen LogP contribution >= 0.6 is 11.8 Å². The largest absolute Gasteiger partial charge is 0.368 e. The van der Waals surface area contributed by atoms with E-state index in [-0.39, 0.29) is 0 Å². The van der Waals surface area contributed by atoms with E-state index in [9.17, 15) is 0 Å². The summed E-state index contributed by atoms with van der Waals surface area (Å²) in [6.07, 6.45) is 0.821. The second kappa shape index (κ2) is 5.17. The number of thioether (sulfide) groups is 1. The Labute approximate surface area is 103 Å². The van der Waals surface area contributed by atoms with Gasteiger partial charge in [0.25, 0.3) is 0 Å². The number of nitrogens with two attached hydrogens (primary N) is 1. The lowest BCUT2D eigenvalue weighted by Crippen LogP contribution is -1.96. The molecule has 0 saturated heterocycles. The van der Waals surface area contributed by atoms with Crippen LogP contribution in [0.15, 0.2) is 9.68 Å². The molecule has 2 rings (SSSR count). The Morgan fingerprint density at radius 3 is 2.88 bits per heavy atom. The fourth-order valence-corrected chi connectivity index (χ4v) is 1.89. The number of hydrogen-bond acceptors (Lipinski definition) is 7. The van der Waals surface area contributed by atoms with Crippen LogP contribution in [0, 0.1) is 5.92 Å². The van der Waals surface area contributed by atoms with Crippen molar-refractivity contribution in [3.8, 4) is 0 Å². The van der Waals surface area contributed by atoms with E-state index in [1.807, 2.05) is 0 Å². The number of aromatic amines is 1. The second-order valence-electron chi connectivity index (χ2n) is 3.99. The van der Waals surface area contributed by atoms with Crippen LogP contribution in [-0.2, 0) is 12.2 Å². The molecule has 3 N–H and O–H groups in total. The van der Waals surface area contributed by atoms with Crippen LogP contribution in [0.5, 0.6) is 0 Å². The van der Waals surface area contributed by atoms with E-state index in [2.05, 4.69) is 39.2 Å². The molecule has 0 unspecified atom stereocenters. The van der Waals surface area contributed by atoms with Crippen molar-refractivity contribution < 1.29 is 4.52 Å². The van der Waals surface area contributed by atoms with Crippen LogP contribution in [0.2, 0.25) is 0 Å². The second-order valence-corrected chi connectivity index (χ2v) is 4.94. The van der Waals surface area contributed by atoms with Crippen molar-refractivity contribution in [3.63, 3.8) is 0 Å². The first-order valence-corrected chi connectivity index (χ1v) is 6.24. The van der Waals surface area contributed by atoms with E-state index in [0.29, 0.717) is 28.7 Å². The molecule has 0 aliphatic rings. The molecular formula is C9H14N6OS. The molecule has 0 fully saturated rings. The predicted molar refractivity (Wildman–Crippen MR) is 63.2 cm³/mol. The van der Waals surface area contributed by atoms with Crippen LogP contribution in [0.25, 0.3) is 0 Å². The summed E-state index contributed by atoms with van der Waals surface area (Å²) in [5, 5.41) is 10.9. The summed E-state index contributed by atoms with van der Waals surface area (Å²) in [5.74, 6) is 2.68. The van der Waals surface area contributed by atoms with Crippen molar-refractivity contribution in [2.24, 2.45) is 5.92 Å². The standard InChI is InChI=1S/C9H14N6OS/c1-5(2)3-6-11-7(16-15-6)4-17-9-12-8(10)13-14-9/h5H,3-4H2,1-2H3,(H3,10,12,13,14). The minimum absolute atomic E-state index is 0.304. The number of nitrogens with one attached hydrogen (secondary N) is 1. The number of rotatable bonds is 5. The molecule has 0 spiro atoms. The molecule has 0 aliphatic heterocycles. The third kappa shape index (κ3) is 3.45. The zero-order chi connectivity index (χ0) is 12.3. The van der Waals surface area contributed by atoms with E-state index in [4.69, 9.17) is 10.3 Å². The van der Waals surface area contributed by atoms with Gasteiger partial charge in [-0.25, -0.2) is 5.10 Å². The normalized spacial score (nSPS) is 11.2. The van der Waals surface area contributed by atoms with Gasteiger partial charge in [-0.3, -0.25) is 0 Å². The van der Waals surface area contributed by atoms with Crippen molar-refractivity contribution in [1.29, 1.82) is 0 Å². The third-order valence-electron chi connectivity index (χ3n) is 1.91. The first-order chi connectivity index (χ1) is 8.13. The topological polar surface area (TPSA) is 107 Å². The quantitative estimate of drug-likeness (QED) is 0.773.